The van der Waals surface area contributed by atoms with Crippen LogP contribution in [0.1, 0.15) is 74.3 Å². The van der Waals surface area contributed by atoms with E-state index in [0.29, 0.717) is 11.8 Å². The van der Waals surface area contributed by atoms with Crippen molar-refractivity contribution >= 4 is 138 Å². The Balaban J connectivity index is 1.11. The molecule has 12 aromatic rings. The van der Waals surface area contributed by atoms with Crippen LogP contribution in [0.25, 0.3) is 76.2 Å². The van der Waals surface area contributed by atoms with Gasteiger partial charge >= 0.3 is 0 Å². The van der Waals surface area contributed by atoms with Gasteiger partial charge in [-0.2, -0.15) is 0 Å². The molecule has 0 atom stereocenters. The van der Waals surface area contributed by atoms with Crippen LogP contribution in [-0.4, -0.2) is 16.9 Å². The van der Waals surface area contributed by atoms with Gasteiger partial charge in [0.15, 0.2) is 11.2 Å². The number of anilines is 6. The van der Waals surface area contributed by atoms with E-state index in [4.69, 9.17) is 8.83 Å². The molecule has 0 saturated heterocycles. The maximum Gasteiger partial charge on any atom is 0.159 e. The Morgan fingerprint density at radius 3 is 1.26 bits per heavy atom. The minimum Gasteiger partial charge on any atom is -0.454 e. The molecule has 0 bridgehead atoms. The second-order valence-corrected chi connectivity index (χ2v) is 30.2. The van der Waals surface area contributed by atoms with Crippen molar-refractivity contribution in [3.63, 3.8) is 0 Å². The summed E-state index contributed by atoms with van der Waals surface area (Å²) in [7, 11) is -2.24. The highest BCUT2D eigenvalue weighted by molar-refractivity contribution is 6.88. The minimum atomic E-state index is -1.59. The largest absolute Gasteiger partial charge is 0.454 e. The lowest BCUT2D eigenvalue weighted by Crippen LogP contribution is -2.37. The fourth-order valence-corrected chi connectivity index (χ4v) is 15.2. The molecule has 0 spiro atoms. The lowest BCUT2D eigenvalue weighted by molar-refractivity contribution is 0.668. The van der Waals surface area contributed by atoms with Crippen LogP contribution < -0.4 is 20.2 Å². The molecule has 0 N–H and O–H groups in total. The molecule has 2 aromatic heterocycles. The molecule has 2 aliphatic carbocycles. The van der Waals surface area contributed by atoms with Crippen LogP contribution in [0.5, 0.6) is 0 Å². The summed E-state index contributed by atoms with van der Waals surface area (Å²) in [5.41, 5.74) is 13.4. The fourth-order valence-electron chi connectivity index (χ4n) is 13.2. The Hall–Kier alpha value is -7.13. The van der Waals surface area contributed by atoms with Gasteiger partial charge in [-0.1, -0.05) is 178 Å². The minimum absolute atomic E-state index is 0.472. The lowest BCUT2D eigenvalue weighted by atomic mass is 9.82. The summed E-state index contributed by atoms with van der Waals surface area (Å²) in [6.07, 6.45) is 9.87. The summed E-state index contributed by atoms with van der Waals surface area (Å²) in [4.78, 5) is 5.10. The number of benzene rings is 10. The van der Waals surface area contributed by atoms with Gasteiger partial charge in [-0.3, -0.25) is 0 Å². The van der Waals surface area contributed by atoms with E-state index in [1.165, 1.54) is 117 Å². The van der Waals surface area contributed by atoms with Crippen molar-refractivity contribution in [2.75, 3.05) is 9.80 Å². The van der Waals surface area contributed by atoms with Crippen molar-refractivity contribution in [2.45, 2.75) is 95.9 Å². The van der Waals surface area contributed by atoms with Gasteiger partial charge in [-0.05, 0) is 131 Å². The summed E-state index contributed by atoms with van der Waals surface area (Å²) in [5.74, 6) is 0.945. The summed E-state index contributed by atoms with van der Waals surface area (Å²) in [6, 6.07) is 64.7. The fraction of sp³-hybridized carbons (Fsp3) is 0.224. The first-order valence-electron chi connectivity index (χ1n) is 26.9. The lowest BCUT2D eigenvalue weighted by Gasteiger charge is -2.32. The molecule has 2 aliphatic rings. The third kappa shape index (κ3) is 7.19. The first kappa shape index (κ1) is 44.6. The highest BCUT2D eigenvalue weighted by Gasteiger charge is 2.32. The monoisotopic (exact) mass is 981 g/mol. The van der Waals surface area contributed by atoms with Crippen LogP contribution in [0.15, 0.2) is 179 Å². The van der Waals surface area contributed by atoms with Crippen molar-refractivity contribution in [1.82, 2.24) is 0 Å². The van der Waals surface area contributed by atoms with Gasteiger partial charge in [-0.25, -0.2) is 0 Å². The van der Waals surface area contributed by atoms with Crippen molar-refractivity contribution in [2.24, 2.45) is 0 Å². The van der Waals surface area contributed by atoms with Crippen LogP contribution >= 0.6 is 0 Å². The first-order valence-corrected chi connectivity index (χ1v) is 32.9. The Bertz CT molecular complexity index is 4070. The zero-order valence-corrected chi connectivity index (χ0v) is 44.7. The summed E-state index contributed by atoms with van der Waals surface area (Å²) in [5, 5.41) is 15.5. The van der Waals surface area contributed by atoms with E-state index in [0.717, 1.165) is 66.6 Å². The number of fused-ring (bicyclic) bond motifs is 6. The molecule has 10 aromatic carbocycles. The quantitative estimate of drug-likeness (QED) is 0.101. The number of hydrogen-bond acceptors (Lipinski definition) is 4. The number of para-hydroxylation sites is 4. The molecular formula is C67H61N2O2Si2. The van der Waals surface area contributed by atoms with Crippen LogP contribution in [0, 0.1) is 0 Å². The molecule has 0 amide bonds. The van der Waals surface area contributed by atoms with E-state index < -0.39 is 16.9 Å². The molecule has 73 heavy (non-hydrogen) atoms. The topological polar surface area (TPSA) is 32.8 Å². The zero-order valence-electron chi connectivity index (χ0n) is 42.7. The molecule has 2 heterocycles. The summed E-state index contributed by atoms with van der Waals surface area (Å²) in [6.45, 7) is 12.1. The predicted octanol–water partition coefficient (Wildman–Crippen LogP) is 19.1. The van der Waals surface area contributed by atoms with Crippen molar-refractivity contribution in [1.29, 1.82) is 0 Å². The van der Waals surface area contributed by atoms with E-state index in [-0.39, 0.29) is 0 Å². The average Bonchev–Trinajstić information content (AvgIpc) is 4.27. The van der Waals surface area contributed by atoms with Crippen LogP contribution in [0.4, 0.5) is 34.1 Å². The molecule has 0 aliphatic heterocycles. The van der Waals surface area contributed by atoms with Gasteiger partial charge in [0.1, 0.15) is 11.2 Å². The van der Waals surface area contributed by atoms with E-state index >= 15 is 0 Å². The molecule has 14 rings (SSSR count). The zero-order chi connectivity index (χ0) is 49.1. The molecule has 1 radical (unpaired) electrons. The molecule has 0 unspecified atom stereocenters. The molecular weight excluding hydrogens is 921 g/mol. The molecule has 2 fully saturated rings. The standard InChI is InChI=1S/C67H61N2O2Si2/c1-72(2)46-32-28-44(29-33-46)68(58-24-14-22-52-48-20-10-12-26-62(48)70-66(52)58)60-40-56(42-16-6-7-17-42)50-37-39-55-61(41-57(43-18-8-9-19-43)51-36-38-54(60)64(50)65(51)55)69(45-30-34-47(35-31-45)73(3,4)5)59-25-15-23-53-49-21-11-13-27-63(49)71-67(53)59/h10-15,20-43H,6-9,16-19H2,1-5H3. The summed E-state index contributed by atoms with van der Waals surface area (Å²) >= 11 is 0. The molecule has 2 saturated carbocycles. The van der Waals surface area contributed by atoms with Crippen LogP contribution in [0.3, 0.4) is 0 Å². The highest BCUT2D eigenvalue weighted by Crippen LogP contribution is 2.55. The third-order valence-corrected chi connectivity index (χ3v) is 20.5. The number of hydrogen-bond donors (Lipinski definition) is 0. The Morgan fingerprint density at radius 1 is 0.411 bits per heavy atom. The first-order chi connectivity index (χ1) is 35.7. The maximum absolute atomic E-state index is 6.96. The van der Waals surface area contributed by atoms with E-state index in [1.807, 2.05) is 0 Å². The normalized spacial score (nSPS) is 15.0. The van der Waals surface area contributed by atoms with Gasteiger partial charge in [0.2, 0.25) is 0 Å². The Kier molecular flexibility index (Phi) is 10.5. The highest BCUT2D eigenvalue weighted by atomic mass is 28.3. The van der Waals surface area contributed by atoms with Crippen molar-refractivity contribution in [3.8, 4) is 0 Å². The van der Waals surface area contributed by atoms with Gasteiger partial charge in [-0.15, -0.1) is 0 Å². The van der Waals surface area contributed by atoms with E-state index in [2.05, 4.69) is 212 Å². The van der Waals surface area contributed by atoms with Gasteiger partial charge in [0, 0.05) is 43.7 Å². The van der Waals surface area contributed by atoms with Gasteiger partial charge < -0.3 is 18.6 Å². The predicted molar refractivity (Wildman–Crippen MR) is 317 cm³/mol. The van der Waals surface area contributed by atoms with Gasteiger partial charge in [0.05, 0.1) is 39.6 Å². The Labute approximate surface area is 430 Å². The maximum atomic E-state index is 6.96. The Morgan fingerprint density at radius 2 is 0.822 bits per heavy atom. The average molecular weight is 982 g/mol. The van der Waals surface area contributed by atoms with Gasteiger partial charge in [0.25, 0.3) is 0 Å². The molecule has 4 nitrogen and oxygen atoms in total. The SMILES string of the molecule is C[Si](C)c1ccc(N(c2cc(C3CCCC3)c3ccc4c(N(c5ccc([Si](C)(C)C)cc5)c5cccc6c5oc5ccccc56)cc(C5CCCC5)c5ccc2c3c54)c2cccc3c2oc2ccccc23)cc1. The number of rotatable bonds is 10. The number of nitrogens with zero attached hydrogens (tertiary/aromatic N) is 2. The summed E-state index contributed by atoms with van der Waals surface area (Å²) < 4.78 is 13.9. The second kappa shape index (κ2) is 17.2. The third-order valence-electron chi connectivity index (χ3n) is 16.9. The van der Waals surface area contributed by atoms with Crippen LogP contribution in [-0.2, 0) is 0 Å². The van der Waals surface area contributed by atoms with Crippen molar-refractivity contribution in [3.05, 3.63) is 181 Å². The molecule has 359 valence electrons. The molecule has 6 heteroatoms. The second-order valence-electron chi connectivity index (χ2n) is 22.5. The van der Waals surface area contributed by atoms with E-state index in [1.54, 1.807) is 0 Å². The smallest absolute Gasteiger partial charge is 0.159 e. The van der Waals surface area contributed by atoms with E-state index in [9.17, 15) is 0 Å². The van der Waals surface area contributed by atoms with Crippen molar-refractivity contribution < 1.29 is 8.83 Å². The van der Waals surface area contributed by atoms with Crippen LogP contribution in [0.2, 0.25) is 32.7 Å². The number of furan rings is 2.